The maximum absolute atomic E-state index is 14.1. The van der Waals surface area contributed by atoms with Crippen LogP contribution in [0.4, 0.5) is 0 Å². The molecule has 37 heavy (non-hydrogen) atoms. The van der Waals surface area contributed by atoms with Crippen LogP contribution in [0.3, 0.4) is 0 Å². The topological polar surface area (TPSA) is 108 Å². The molecular weight excluding hydrogens is 470 g/mol. The molecule has 0 radical (unpaired) electrons. The van der Waals surface area contributed by atoms with Crippen LogP contribution in [0.25, 0.3) is 0 Å². The van der Waals surface area contributed by atoms with Gasteiger partial charge in [-0.15, -0.1) is 0 Å². The number of nitrogens with zero attached hydrogens (tertiary/aromatic N) is 1. The monoisotopic (exact) mass is 521 g/mol. The van der Waals surface area contributed by atoms with Crippen molar-refractivity contribution in [1.29, 1.82) is 0 Å². The fourth-order valence-corrected chi connectivity index (χ4v) is 7.56. The number of ether oxygens (including phenoxy) is 1. The number of nitrogens with one attached hydrogen (secondary N) is 2. The minimum absolute atomic E-state index is 0.0161. The van der Waals surface area contributed by atoms with Crippen molar-refractivity contribution in [2.75, 3.05) is 19.7 Å². The van der Waals surface area contributed by atoms with Gasteiger partial charge in [-0.1, -0.05) is 47.5 Å². The minimum Gasteiger partial charge on any atom is -0.396 e. The van der Waals surface area contributed by atoms with Gasteiger partial charge in [-0.25, -0.2) is 0 Å². The quantitative estimate of drug-likeness (QED) is 0.341. The average Bonchev–Trinajstić information content (AvgIpc) is 3.26. The lowest BCUT2D eigenvalue weighted by atomic mass is 9.62. The number of unbranched alkanes of at least 4 members (excludes halogenated alkanes) is 3. The number of carbonyl (C=O) groups excluding carboxylic acids is 3. The van der Waals surface area contributed by atoms with Gasteiger partial charge in [0.25, 0.3) is 0 Å². The maximum atomic E-state index is 14.1. The molecule has 0 aliphatic carbocycles. The van der Waals surface area contributed by atoms with Crippen LogP contribution < -0.4 is 10.6 Å². The fraction of sp³-hybridized carbons (Fsp3) is 0.897. The second kappa shape index (κ2) is 10.8. The van der Waals surface area contributed by atoms with E-state index < -0.39 is 34.6 Å². The van der Waals surface area contributed by atoms with Gasteiger partial charge in [0.15, 0.2) is 0 Å². The molecule has 3 N–H and O–H groups in total. The molecule has 3 amide bonds. The van der Waals surface area contributed by atoms with Gasteiger partial charge >= 0.3 is 0 Å². The predicted octanol–water partition coefficient (Wildman–Crippen LogP) is 3.41. The SMILES string of the molecule is CCCNC(=O)[C@H]1[C@H]2C(=O)N(CCCCCCO)C(C(=O)NC(C)(C)CC(C)(C)C)C23CC(C)[C@]1(C)O3. The second-order valence-electron chi connectivity index (χ2n) is 13.8. The van der Waals surface area contributed by atoms with Crippen LogP contribution in [0.1, 0.15) is 100 Å². The van der Waals surface area contributed by atoms with E-state index in [1.54, 1.807) is 4.90 Å². The molecule has 0 saturated carbocycles. The molecule has 3 rings (SSSR count). The summed E-state index contributed by atoms with van der Waals surface area (Å²) in [5.41, 5.74) is -2.25. The lowest BCUT2D eigenvalue weighted by Gasteiger charge is -2.38. The number of aliphatic hydroxyl groups excluding tert-OH is 1. The molecular formula is C29H51N3O5. The van der Waals surface area contributed by atoms with Crippen LogP contribution in [0, 0.1) is 23.2 Å². The van der Waals surface area contributed by atoms with Crippen LogP contribution in [0.5, 0.6) is 0 Å². The Morgan fingerprint density at radius 3 is 2.35 bits per heavy atom. The van der Waals surface area contributed by atoms with Crippen LogP contribution in [0.15, 0.2) is 0 Å². The lowest BCUT2D eigenvalue weighted by molar-refractivity contribution is -0.148. The summed E-state index contributed by atoms with van der Waals surface area (Å²) in [7, 11) is 0. The number of amides is 3. The summed E-state index contributed by atoms with van der Waals surface area (Å²) in [5.74, 6) is -1.71. The highest BCUT2D eigenvalue weighted by Gasteiger charge is 2.79. The standard InChI is InChI=1S/C29H51N3O5/c1-9-14-30-23(34)20-21-25(36)32(15-12-10-11-13-16-33)22(29(21)17-19(2)28(20,8)37-29)24(35)31-27(6,7)18-26(3,4)5/h19-22,33H,9-18H2,1-8H3,(H,30,34)(H,31,35)/t19?,20-,21+,22?,28+,29?/m1/s1. The van der Waals surface area contributed by atoms with Crippen molar-refractivity contribution in [3.05, 3.63) is 0 Å². The number of rotatable bonds is 12. The third kappa shape index (κ3) is 5.70. The molecule has 1 spiro atoms. The van der Waals surface area contributed by atoms with E-state index in [0.717, 1.165) is 38.5 Å². The third-order valence-corrected chi connectivity index (χ3v) is 8.64. The first-order chi connectivity index (χ1) is 17.1. The maximum Gasteiger partial charge on any atom is 0.246 e. The van der Waals surface area contributed by atoms with Gasteiger partial charge in [0.2, 0.25) is 17.7 Å². The Balaban J connectivity index is 1.96. The highest BCUT2D eigenvalue weighted by molar-refractivity contribution is 5.99. The molecule has 0 aromatic rings. The van der Waals surface area contributed by atoms with Crippen molar-refractivity contribution < 1.29 is 24.2 Å². The highest BCUT2D eigenvalue weighted by atomic mass is 16.5. The molecule has 6 atom stereocenters. The van der Waals surface area contributed by atoms with E-state index in [1.165, 1.54) is 0 Å². The smallest absolute Gasteiger partial charge is 0.246 e. The van der Waals surface area contributed by atoms with Gasteiger partial charge in [-0.3, -0.25) is 14.4 Å². The molecule has 3 saturated heterocycles. The van der Waals surface area contributed by atoms with Gasteiger partial charge in [-0.05, 0) is 64.2 Å². The minimum atomic E-state index is -1.01. The Labute approximate surface area is 223 Å². The zero-order valence-corrected chi connectivity index (χ0v) is 24.4. The fourth-order valence-electron chi connectivity index (χ4n) is 7.56. The van der Waals surface area contributed by atoms with E-state index >= 15 is 0 Å². The van der Waals surface area contributed by atoms with Gasteiger partial charge in [0.1, 0.15) is 11.6 Å². The van der Waals surface area contributed by atoms with Crippen molar-refractivity contribution in [2.45, 2.75) is 123 Å². The van der Waals surface area contributed by atoms with E-state index in [1.807, 2.05) is 27.7 Å². The van der Waals surface area contributed by atoms with E-state index in [2.05, 4.69) is 38.3 Å². The van der Waals surface area contributed by atoms with E-state index in [-0.39, 0.29) is 35.7 Å². The number of fused-ring (bicyclic) bond motifs is 1. The van der Waals surface area contributed by atoms with Gasteiger partial charge in [0, 0.05) is 25.2 Å². The molecule has 3 heterocycles. The molecule has 3 aliphatic rings. The van der Waals surface area contributed by atoms with Crippen molar-refractivity contribution in [3.8, 4) is 0 Å². The molecule has 3 unspecified atom stereocenters. The van der Waals surface area contributed by atoms with Gasteiger partial charge in [-0.2, -0.15) is 0 Å². The molecule has 0 aromatic heterocycles. The molecule has 8 heteroatoms. The summed E-state index contributed by atoms with van der Waals surface area (Å²) in [4.78, 5) is 43.3. The van der Waals surface area contributed by atoms with Crippen molar-refractivity contribution in [3.63, 3.8) is 0 Å². The zero-order valence-electron chi connectivity index (χ0n) is 24.4. The predicted molar refractivity (Wildman–Crippen MR) is 144 cm³/mol. The average molecular weight is 522 g/mol. The zero-order chi connectivity index (χ0) is 27.8. The number of likely N-dealkylation sites (tertiary alicyclic amines) is 1. The molecule has 8 nitrogen and oxygen atoms in total. The number of hydrogen-bond donors (Lipinski definition) is 3. The van der Waals surface area contributed by atoms with E-state index in [4.69, 9.17) is 9.84 Å². The first-order valence-corrected chi connectivity index (χ1v) is 14.3. The Bertz CT molecular complexity index is 868. The largest absolute Gasteiger partial charge is 0.396 e. The van der Waals surface area contributed by atoms with Crippen LogP contribution >= 0.6 is 0 Å². The van der Waals surface area contributed by atoms with E-state index in [9.17, 15) is 14.4 Å². The van der Waals surface area contributed by atoms with Gasteiger partial charge in [0.05, 0.1) is 17.4 Å². The summed E-state index contributed by atoms with van der Waals surface area (Å²) in [5, 5.41) is 15.4. The van der Waals surface area contributed by atoms with Gasteiger partial charge < -0.3 is 25.4 Å². The Kier molecular flexibility index (Phi) is 8.75. The molecule has 2 bridgehead atoms. The summed E-state index contributed by atoms with van der Waals surface area (Å²) >= 11 is 0. The van der Waals surface area contributed by atoms with Crippen molar-refractivity contribution >= 4 is 17.7 Å². The van der Waals surface area contributed by atoms with Crippen molar-refractivity contribution in [1.82, 2.24) is 15.5 Å². The molecule has 3 fully saturated rings. The lowest BCUT2D eigenvalue weighted by Crippen LogP contribution is -2.59. The summed E-state index contributed by atoms with van der Waals surface area (Å²) < 4.78 is 6.77. The Morgan fingerprint density at radius 1 is 1.11 bits per heavy atom. The number of carbonyl (C=O) groups is 3. The summed E-state index contributed by atoms with van der Waals surface area (Å²) in [6.07, 6.45) is 5.37. The summed E-state index contributed by atoms with van der Waals surface area (Å²) in [6, 6.07) is -0.768. The summed E-state index contributed by atoms with van der Waals surface area (Å²) in [6.45, 7) is 17.7. The normalized spacial score (nSPS) is 33.1. The molecule has 212 valence electrons. The first kappa shape index (κ1) is 29.9. The van der Waals surface area contributed by atoms with E-state index in [0.29, 0.717) is 19.5 Å². The molecule has 0 aromatic carbocycles. The van der Waals surface area contributed by atoms with Crippen LogP contribution in [-0.4, -0.2) is 70.2 Å². The van der Waals surface area contributed by atoms with Crippen LogP contribution in [0.2, 0.25) is 0 Å². The Morgan fingerprint density at radius 2 is 1.76 bits per heavy atom. The second-order valence-corrected chi connectivity index (χ2v) is 13.8. The third-order valence-electron chi connectivity index (χ3n) is 8.64. The molecule has 3 aliphatic heterocycles. The first-order valence-electron chi connectivity index (χ1n) is 14.3. The van der Waals surface area contributed by atoms with Crippen molar-refractivity contribution in [2.24, 2.45) is 23.2 Å². The number of hydrogen-bond acceptors (Lipinski definition) is 5. The van der Waals surface area contributed by atoms with Crippen LogP contribution in [-0.2, 0) is 19.1 Å². The Hall–Kier alpha value is -1.67. The highest BCUT2D eigenvalue weighted by Crippen LogP contribution is 2.65. The number of aliphatic hydroxyl groups is 1.